The number of nitrogens with zero attached hydrogens (tertiary/aromatic N) is 3. The maximum atomic E-state index is 12.3. The number of amides is 1. The topological polar surface area (TPSA) is 85.6 Å². The van der Waals surface area contributed by atoms with Crippen molar-refractivity contribution < 1.29 is 14.3 Å². The average molecular weight is 519 g/mol. The molecule has 0 aliphatic rings. The first-order chi connectivity index (χ1) is 17.5. The van der Waals surface area contributed by atoms with Crippen LogP contribution in [-0.4, -0.2) is 27.9 Å². The monoisotopic (exact) mass is 518 g/mol. The number of nitrogens with one attached hydrogen (secondary N) is 1. The Balaban J connectivity index is 1.27. The highest BCUT2D eigenvalue weighted by Gasteiger charge is 2.10. The number of esters is 1. The summed E-state index contributed by atoms with van der Waals surface area (Å²) in [6, 6.07) is 23.0. The van der Waals surface area contributed by atoms with Crippen molar-refractivity contribution in [3.8, 4) is 5.75 Å². The molecule has 7 nitrogen and oxygen atoms in total. The summed E-state index contributed by atoms with van der Waals surface area (Å²) in [4.78, 5) is 24.3. The number of hydrogen-bond acceptors (Lipinski definition) is 5. The SMILES string of the molecule is O=C(/C=C/c1ccccc1)Oc1ccc(/C=N/NC(=O)c2ccn(Cc3ccc(Cl)cc3Cl)n2)cc1. The van der Waals surface area contributed by atoms with Crippen molar-refractivity contribution in [3.05, 3.63) is 124 Å². The molecule has 0 saturated carbocycles. The second kappa shape index (κ2) is 12.0. The molecule has 1 heterocycles. The third-order valence-corrected chi connectivity index (χ3v) is 5.50. The Labute approximate surface area is 217 Å². The third kappa shape index (κ3) is 7.15. The Morgan fingerprint density at radius 1 is 0.972 bits per heavy atom. The molecule has 0 bridgehead atoms. The van der Waals surface area contributed by atoms with Crippen molar-refractivity contribution in [2.24, 2.45) is 5.10 Å². The fourth-order valence-electron chi connectivity index (χ4n) is 3.12. The van der Waals surface area contributed by atoms with Crippen LogP contribution in [0.5, 0.6) is 5.75 Å². The van der Waals surface area contributed by atoms with Crippen LogP contribution in [0.15, 0.2) is 96.2 Å². The molecule has 0 unspecified atom stereocenters. The van der Waals surface area contributed by atoms with Crippen LogP contribution in [0.4, 0.5) is 0 Å². The van der Waals surface area contributed by atoms with Crippen molar-refractivity contribution in [1.82, 2.24) is 15.2 Å². The molecule has 0 radical (unpaired) electrons. The first-order valence-electron chi connectivity index (χ1n) is 10.8. The van der Waals surface area contributed by atoms with E-state index in [-0.39, 0.29) is 5.69 Å². The van der Waals surface area contributed by atoms with E-state index in [0.29, 0.717) is 27.9 Å². The van der Waals surface area contributed by atoms with E-state index in [1.165, 1.54) is 12.3 Å². The molecule has 0 aliphatic heterocycles. The van der Waals surface area contributed by atoms with Gasteiger partial charge in [0.1, 0.15) is 5.75 Å². The number of carbonyl (C=O) groups excluding carboxylic acids is 2. The number of benzene rings is 3. The lowest BCUT2D eigenvalue weighted by Crippen LogP contribution is -2.18. The Bertz CT molecular complexity index is 1410. The predicted molar refractivity (Wildman–Crippen MR) is 140 cm³/mol. The summed E-state index contributed by atoms with van der Waals surface area (Å²) in [6.07, 6.45) is 6.20. The highest BCUT2D eigenvalue weighted by molar-refractivity contribution is 6.35. The van der Waals surface area contributed by atoms with Crippen molar-refractivity contribution in [2.75, 3.05) is 0 Å². The predicted octanol–water partition coefficient (Wildman–Crippen LogP) is 5.62. The van der Waals surface area contributed by atoms with E-state index in [1.807, 2.05) is 36.4 Å². The second-order valence-electron chi connectivity index (χ2n) is 7.57. The Hall–Kier alpha value is -4.20. The van der Waals surface area contributed by atoms with Gasteiger partial charge in [-0.05, 0) is 65.2 Å². The summed E-state index contributed by atoms with van der Waals surface area (Å²) in [6.45, 7) is 0.394. The Kier molecular flexibility index (Phi) is 8.28. The fraction of sp³-hybridized carbons (Fsp3) is 0.0370. The van der Waals surface area contributed by atoms with Gasteiger partial charge in [-0.3, -0.25) is 9.48 Å². The number of hydrogen-bond donors (Lipinski definition) is 1. The summed E-state index contributed by atoms with van der Waals surface area (Å²) in [5, 5.41) is 9.29. The molecule has 0 saturated heterocycles. The largest absolute Gasteiger partial charge is 0.423 e. The number of halogens is 2. The first-order valence-corrected chi connectivity index (χ1v) is 11.6. The van der Waals surface area contributed by atoms with E-state index in [0.717, 1.165) is 11.1 Å². The maximum absolute atomic E-state index is 12.3. The Morgan fingerprint density at radius 3 is 2.50 bits per heavy atom. The highest BCUT2D eigenvalue weighted by atomic mass is 35.5. The molecule has 4 rings (SSSR count). The van der Waals surface area contributed by atoms with E-state index in [2.05, 4.69) is 15.6 Å². The van der Waals surface area contributed by atoms with Crippen LogP contribution in [0.2, 0.25) is 10.0 Å². The number of ether oxygens (including phenoxy) is 1. The molecule has 1 aromatic heterocycles. The van der Waals surface area contributed by atoms with Crippen LogP contribution in [0.1, 0.15) is 27.2 Å². The minimum Gasteiger partial charge on any atom is -0.423 e. The van der Waals surface area contributed by atoms with Crippen LogP contribution in [0, 0.1) is 0 Å². The van der Waals surface area contributed by atoms with Crippen LogP contribution in [0.25, 0.3) is 6.08 Å². The maximum Gasteiger partial charge on any atom is 0.336 e. The number of carbonyl (C=O) groups is 2. The van der Waals surface area contributed by atoms with Gasteiger partial charge < -0.3 is 4.74 Å². The van der Waals surface area contributed by atoms with Gasteiger partial charge in [-0.2, -0.15) is 10.2 Å². The zero-order valence-electron chi connectivity index (χ0n) is 18.8. The van der Waals surface area contributed by atoms with E-state index in [9.17, 15) is 9.59 Å². The quantitative estimate of drug-likeness (QED) is 0.108. The van der Waals surface area contributed by atoms with E-state index in [4.69, 9.17) is 27.9 Å². The summed E-state index contributed by atoms with van der Waals surface area (Å²) < 4.78 is 6.88. The minimum absolute atomic E-state index is 0.211. The number of rotatable bonds is 8. The van der Waals surface area contributed by atoms with Gasteiger partial charge in [0.15, 0.2) is 5.69 Å². The molecule has 0 atom stereocenters. The minimum atomic E-state index is -0.481. The van der Waals surface area contributed by atoms with E-state index in [1.54, 1.807) is 59.4 Å². The number of hydrazone groups is 1. The molecular formula is C27H20Cl2N4O3. The number of aromatic nitrogens is 2. The van der Waals surface area contributed by atoms with Gasteiger partial charge in [0.2, 0.25) is 0 Å². The lowest BCUT2D eigenvalue weighted by molar-refractivity contribution is -0.128. The fourth-order valence-corrected chi connectivity index (χ4v) is 3.59. The van der Waals surface area contributed by atoms with Gasteiger partial charge in [0.25, 0.3) is 5.91 Å². The van der Waals surface area contributed by atoms with E-state index < -0.39 is 11.9 Å². The Morgan fingerprint density at radius 2 is 1.75 bits per heavy atom. The average Bonchev–Trinajstić information content (AvgIpc) is 3.35. The smallest absolute Gasteiger partial charge is 0.336 e. The molecule has 9 heteroatoms. The van der Waals surface area contributed by atoms with Crippen LogP contribution < -0.4 is 10.2 Å². The van der Waals surface area contributed by atoms with Crippen LogP contribution in [0.3, 0.4) is 0 Å². The van der Waals surface area contributed by atoms with Crippen molar-refractivity contribution in [3.63, 3.8) is 0 Å². The molecular weight excluding hydrogens is 499 g/mol. The van der Waals surface area contributed by atoms with Crippen molar-refractivity contribution in [2.45, 2.75) is 6.54 Å². The van der Waals surface area contributed by atoms with Gasteiger partial charge in [0.05, 0.1) is 12.8 Å². The van der Waals surface area contributed by atoms with Crippen LogP contribution >= 0.6 is 23.2 Å². The van der Waals surface area contributed by atoms with Crippen LogP contribution in [-0.2, 0) is 11.3 Å². The lowest BCUT2D eigenvalue weighted by Gasteiger charge is -2.05. The first kappa shape index (κ1) is 24.9. The van der Waals surface area contributed by atoms with Gasteiger partial charge in [-0.25, -0.2) is 10.2 Å². The molecule has 0 aliphatic carbocycles. The second-order valence-corrected chi connectivity index (χ2v) is 8.41. The normalized spacial score (nSPS) is 11.2. The molecule has 180 valence electrons. The highest BCUT2D eigenvalue weighted by Crippen LogP contribution is 2.21. The van der Waals surface area contributed by atoms with Gasteiger partial charge in [-0.1, -0.05) is 59.6 Å². The summed E-state index contributed by atoms with van der Waals surface area (Å²) in [5.41, 5.74) is 5.09. The van der Waals surface area contributed by atoms with Gasteiger partial charge in [-0.15, -0.1) is 0 Å². The summed E-state index contributed by atoms with van der Waals surface area (Å²) in [5.74, 6) is -0.543. The third-order valence-electron chi connectivity index (χ3n) is 4.91. The molecule has 4 aromatic rings. The summed E-state index contributed by atoms with van der Waals surface area (Å²) >= 11 is 12.1. The van der Waals surface area contributed by atoms with Gasteiger partial charge in [0, 0.05) is 22.3 Å². The molecule has 1 amide bonds. The molecule has 1 N–H and O–H groups in total. The molecule has 0 spiro atoms. The standard InChI is InChI=1S/C27H20Cl2N4O3/c28-22-10-9-21(24(29)16-22)18-33-15-14-25(32-33)27(35)31-30-17-20-6-11-23(12-7-20)36-26(34)13-8-19-4-2-1-3-5-19/h1-17H,18H2,(H,31,35)/b13-8+,30-17+. The summed E-state index contributed by atoms with van der Waals surface area (Å²) in [7, 11) is 0. The molecule has 36 heavy (non-hydrogen) atoms. The zero-order valence-corrected chi connectivity index (χ0v) is 20.4. The lowest BCUT2D eigenvalue weighted by atomic mass is 10.2. The van der Waals surface area contributed by atoms with Gasteiger partial charge >= 0.3 is 5.97 Å². The van der Waals surface area contributed by atoms with E-state index >= 15 is 0 Å². The molecule has 3 aromatic carbocycles. The zero-order chi connectivity index (χ0) is 25.3. The van der Waals surface area contributed by atoms with Crippen molar-refractivity contribution >= 4 is 47.4 Å². The van der Waals surface area contributed by atoms with Crippen molar-refractivity contribution in [1.29, 1.82) is 0 Å². The molecule has 0 fully saturated rings.